The molecule has 0 aliphatic carbocycles. The number of nitrogens with zero attached hydrogens (tertiary/aromatic N) is 5. The van der Waals surface area contributed by atoms with Crippen LogP contribution < -0.4 is 5.32 Å². The summed E-state index contributed by atoms with van der Waals surface area (Å²) in [6, 6.07) is 0. The van der Waals surface area contributed by atoms with Gasteiger partial charge in [0.2, 0.25) is 5.69 Å². The molecule has 0 unspecified atom stereocenters. The normalized spacial score (nSPS) is 10.9. The number of carbonyl (C=O) groups excluding carboxylic acids is 1. The Balaban J connectivity index is 1.97. The number of halogens is 1. The smallest absolute Gasteiger partial charge is 0.322 e. The minimum atomic E-state index is -0.588. The predicted octanol–water partition coefficient (Wildman–Crippen LogP) is 1.92. The van der Waals surface area contributed by atoms with E-state index < -0.39 is 10.8 Å². The number of carbonyl (C=O) groups is 1. The van der Waals surface area contributed by atoms with E-state index in [0.717, 1.165) is 11.4 Å². The summed E-state index contributed by atoms with van der Waals surface area (Å²) in [5.41, 5.74) is 1.54. The van der Waals surface area contributed by atoms with Crippen LogP contribution in [0.25, 0.3) is 0 Å². The zero-order chi connectivity index (χ0) is 18.0. The molecular formula is C14H19ClN6O3. The first-order chi connectivity index (χ1) is 11.2. The van der Waals surface area contributed by atoms with Gasteiger partial charge < -0.3 is 5.32 Å². The molecule has 0 saturated carbocycles. The van der Waals surface area contributed by atoms with Gasteiger partial charge in [-0.05, 0) is 27.2 Å². The summed E-state index contributed by atoms with van der Waals surface area (Å²) < 4.78 is 3.00. The minimum absolute atomic E-state index is 0.0494. The van der Waals surface area contributed by atoms with Crippen molar-refractivity contribution in [1.82, 2.24) is 24.9 Å². The third-order valence-electron chi connectivity index (χ3n) is 3.71. The van der Waals surface area contributed by atoms with Gasteiger partial charge in [0.05, 0.1) is 21.3 Å². The van der Waals surface area contributed by atoms with Gasteiger partial charge in [-0.3, -0.25) is 24.3 Å². The number of hydrogen-bond acceptors (Lipinski definition) is 5. The van der Waals surface area contributed by atoms with Gasteiger partial charge in [-0.2, -0.15) is 10.2 Å². The number of hydrogen-bond donors (Lipinski definition) is 1. The highest BCUT2D eigenvalue weighted by atomic mass is 35.5. The van der Waals surface area contributed by atoms with Crippen molar-refractivity contribution in [2.24, 2.45) is 7.05 Å². The van der Waals surface area contributed by atoms with Crippen molar-refractivity contribution in [3.05, 3.63) is 37.9 Å². The highest BCUT2D eigenvalue weighted by Crippen LogP contribution is 2.22. The SMILES string of the molecule is Cc1nn(CCCNC(=O)c2c([N+](=O)[O-])c(C)nn2C)c(C)c1Cl. The first-order valence-corrected chi connectivity index (χ1v) is 7.77. The quantitative estimate of drug-likeness (QED) is 0.484. The van der Waals surface area contributed by atoms with Crippen LogP contribution in [0.4, 0.5) is 5.69 Å². The molecule has 9 nitrogen and oxygen atoms in total. The summed E-state index contributed by atoms with van der Waals surface area (Å²) in [4.78, 5) is 22.7. The summed E-state index contributed by atoms with van der Waals surface area (Å²) in [6.07, 6.45) is 0.620. The van der Waals surface area contributed by atoms with Gasteiger partial charge in [-0.15, -0.1) is 0 Å². The van der Waals surface area contributed by atoms with Crippen LogP contribution >= 0.6 is 11.6 Å². The van der Waals surface area contributed by atoms with Crippen molar-refractivity contribution < 1.29 is 9.72 Å². The van der Waals surface area contributed by atoms with E-state index in [1.165, 1.54) is 18.7 Å². The largest absolute Gasteiger partial charge is 0.350 e. The second kappa shape index (κ2) is 7.00. The van der Waals surface area contributed by atoms with E-state index in [4.69, 9.17) is 11.6 Å². The molecule has 0 spiro atoms. The third kappa shape index (κ3) is 3.40. The van der Waals surface area contributed by atoms with Gasteiger partial charge in [0, 0.05) is 20.1 Å². The summed E-state index contributed by atoms with van der Waals surface area (Å²) in [6.45, 7) is 6.16. The van der Waals surface area contributed by atoms with Crippen molar-refractivity contribution in [3.8, 4) is 0 Å². The minimum Gasteiger partial charge on any atom is -0.350 e. The Bertz CT molecular complexity index is 795. The van der Waals surface area contributed by atoms with Crippen molar-refractivity contribution in [2.45, 2.75) is 33.7 Å². The lowest BCUT2D eigenvalue weighted by Crippen LogP contribution is -2.28. The molecule has 2 aromatic heterocycles. The molecular weight excluding hydrogens is 336 g/mol. The van der Waals surface area contributed by atoms with E-state index in [2.05, 4.69) is 15.5 Å². The topological polar surface area (TPSA) is 108 Å². The predicted molar refractivity (Wildman–Crippen MR) is 88.3 cm³/mol. The Labute approximate surface area is 143 Å². The van der Waals surface area contributed by atoms with Crippen LogP contribution in [0, 0.1) is 30.9 Å². The Morgan fingerprint density at radius 1 is 1.29 bits per heavy atom. The molecule has 0 radical (unpaired) electrons. The highest BCUT2D eigenvalue weighted by Gasteiger charge is 2.28. The summed E-state index contributed by atoms with van der Waals surface area (Å²) in [7, 11) is 1.51. The van der Waals surface area contributed by atoms with Crippen LogP contribution in [0.3, 0.4) is 0 Å². The zero-order valence-corrected chi connectivity index (χ0v) is 14.7. The number of aryl methyl sites for hydroxylation is 4. The van der Waals surface area contributed by atoms with E-state index in [1.807, 2.05) is 13.8 Å². The van der Waals surface area contributed by atoms with Crippen molar-refractivity contribution in [3.63, 3.8) is 0 Å². The van der Waals surface area contributed by atoms with E-state index in [9.17, 15) is 14.9 Å². The Kier molecular flexibility index (Phi) is 5.23. The van der Waals surface area contributed by atoms with Crippen molar-refractivity contribution in [2.75, 3.05) is 6.54 Å². The fraction of sp³-hybridized carbons (Fsp3) is 0.500. The molecule has 2 aromatic rings. The Morgan fingerprint density at radius 3 is 2.50 bits per heavy atom. The van der Waals surface area contributed by atoms with Crippen LogP contribution in [-0.4, -0.2) is 36.9 Å². The summed E-state index contributed by atoms with van der Waals surface area (Å²) >= 11 is 6.08. The molecule has 0 bridgehead atoms. The molecule has 1 amide bonds. The van der Waals surface area contributed by atoms with Gasteiger partial charge in [0.1, 0.15) is 5.69 Å². The average molecular weight is 355 g/mol. The van der Waals surface area contributed by atoms with Crippen molar-refractivity contribution >= 4 is 23.2 Å². The maximum absolute atomic E-state index is 12.2. The van der Waals surface area contributed by atoms with Crippen LogP contribution in [0.5, 0.6) is 0 Å². The van der Waals surface area contributed by atoms with Gasteiger partial charge in [-0.25, -0.2) is 0 Å². The summed E-state index contributed by atoms with van der Waals surface area (Å²) in [5.74, 6) is -0.517. The maximum Gasteiger partial charge on any atom is 0.322 e. The monoisotopic (exact) mass is 354 g/mol. The van der Waals surface area contributed by atoms with Crippen molar-refractivity contribution in [1.29, 1.82) is 0 Å². The molecule has 0 atom stereocenters. The molecule has 0 saturated heterocycles. The fourth-order valence-electron chi connectivity index (χ4n) is 2.53. The first kappa shape index (κ1) is 17.9. The van der Waals surface area contributed by atoms with Crippen LogP contribution in [0.15, 0.2) is 0 Å². The van der Waals surface area contributed by atoms with Gasteiger partial charge in [0.15, 0.2) is 0 Å². The number of amides is 1. The highest BCUT2D eigenvalue weighted by molar-refractivity contribution is 6.31. The number of aromatic nitrogens is 4. The Morgan fingerprint density at radius 2 is 1.96 bits per heavy atom. The second-order valence-corrected chi connectivity index (χ2v) is 5.86. The Hall–Kier alpha value is -2.42. The number of nitro groups is 1. The van der Waals surface area contributed by atoms with E-state index >= 15 is 0 Å². The lowest BCUT2D eigenvalue weighted by atomic mass is 10.3. The molecule has 0 aliphatic rings. The molecule has 130 valence electrons. The maximum atomic E-state index is 12.2. The standard InChI is InChI=1S/C14H19ClN6O3/c1-8-11(15)10(3)20(18-8)7-5-6-16-14(22)13-12(21(23)24)9(2)17-19(13)4/h5-7H2,1-4H3,(H,16,22). The number of rotatable bonds is 6. The molecule has 2 rings (SSSR count). The average Bonchev–Trinajstić information content (AvgIpc) is 2.94. The molecule has 0 aromatic carbocycles. The molecule has 2 heterocycles. The molecule has 0 fully saturated rings. The van der Waals surface area contributed by atoms with Gasteiger partial charge in [-0.1, -0.05) is 11.6 Å². The van der Waals surface area contributed by atoms with E-state index in [1.54, 1.807) is 4.68 Å². The zero-order valence-electron chi connectivity index (χ0n) is 14.0. The van der Waals surface area contributed by atoms with E-state index in [0.29, 0.717) is 24.5 Å². The number of nitrogens with one attached hydrogen (secondary N) is 1. The molecule has 24 heavy (non-hydrogen) atoms. The fourth-order valence-corrected chi connectivity index (χ4v) is 2.66. The first-order valence-electron chi connectivity index (χ1n) is 7.39. The molecule has 1 N–H and O–H groups in total. The van der Waals surface area contributed by atoms with Crippen LogP contribution in [-0.2, 0) is 13.6 Å². The summed E-state index contributed by atoms with van der Waals surface area (Å²) in [5, 5.41) is 22.7. The third-order valence-corrected chi connectivity index (χ3v) is 4.26. The van der Waals surface area contributed by atoms with Crippen LogP contribution in [0.2, 0.25) is 5.02 Å². The second-order valence-electron chi connectivity index (χ2n) is 5.48. The lowest BCUT2D eigenvalue weighted by Gasteiger charge is -2.07. The van der Waals surface area contributed by atoms with E-state index in [-0.39, 0.29) is 17.1 Å². The van der Waals surface area contributed by atoms with Crippen LogP contribution in [0.1, 0.15) is 34.0 Å². The van der Waals surface area contributed by atoms with Gasteiger partial charge >= 0.3 is 5.69 Å². The lowest BCUT2D eigenvalue weighted by molar-refractivity contribution is -0.385. The molecule has 10 heteroatoms. The van der Waals surface area contributed by atoms with Gasteiger partial charge in [0.25, 0.3) is 5.91 Å². The molecule has 0 aliphatic heterocycles.